The zero-order valence-corrected chi connectivity index (χ0v) is 9.03. The Morgan fingerprint density at radius 2 is 2.07 bits per heavy atom. The van der Waals surface area contributed by atoms with E-state index in [2.05, 4.69) is 0 Å². The van der Waals surface area contributed by atoms with Crippen molar-refractivity contribution in [3.05, 3.63) is 29.3 Å². The minimum Gasteiger partial charge on any atom is -0.478 e. The molecule has 4 heteroatoms. The third kappa shape index (κ3) is 2.34. The molecule has 0 atom stereocenters. The van der Waals surface area contributed by atoms with Crippen molar-refractivity contribution in [2.45, 2.75) is 13.8 Å². The molecule has 0 unspecified atom stereocenters. The Kier molecular flexibility index (Phi) is 3.09. The number of anilines is 1. The van der Waals surface area contributed by atoms with Crippen LogP contribution in [0, 0.1) is 12.3 Å². The van der Waals surface area contributed by atoms with Crippen molar-refractivity contribution < 1.29 is 9.90 Å². The van der Waals surface area contributed by atoms with Gasteiger partial charge < -0.3 is 10.0 Å². The van der Waals surface area contributed by atoms with E-state index in [1.165, 1.54) is 0 Å². The van der Waals surface area contributed by atoms with Crippen LogP contribution in [0.1, 0.15) is 22.8 Å². The summed E-state index contributed by atoms with van der Waals surface area (Å²) in [5.74, 6) is -0.569. The molecule has 1 rings (SSSR count). The van der Waals surface area contributed by atoms with Gasteiger partial charge in [-0.25, -0.2) is 4.79 Å². The molecule has 4 nitrogen and oxygen atoms in total. The summed E-state index contributed by atoms with van der Waals surface area (Å²) in [7, 11) is 1.73. The molecule has 0 aromatic heterocycles. The molecule has 0 aliphatic carbocycles. The number of carboxylic acid groups (broad SMARTS) is 1. The van der Waals surface area contributed by atoms with Gasteiger partial charge in [0.2, 0.25) is 0 Å². The van der Waals surface area contributed by atoms with Crippen LogP contribution in [0.3, 0.4) is 0 Å². The van der Waals surface area contributed by atoms with Crippen LogP contribution >= 0.6 is 0 Å². The Labute approximate surface area is 88.7 Å². The number of amidine groups is 1. The summed E-state index contributed by atoms with van der Waals surface area (Å²) in [6.45, 7) is 3.41. The number of hydrogen-bond acceptors (Lipinski definition) is 2. The van der Waals surface area contributed by atoms with E-state index in [0.29, 0.717) is 11.5 Å². The maximum absolute atomic E-state index is 10.9. The minimum atomic E-state index is -0.939. The van der Waals surface area contributed by atoms with Crippen molar-refractivity contribution >= 4 is 17.5 Å². The predicted molar refractivity (Wildman–Crippen MR) is 59.9 cm³/mol. The third-order valence-corrected chi connectivity index (χ3v) is 2.34. The van der Waals surface area contributed by atoms with Gasteiger partial charge >= 0.3 is 5.97 Å². The third-order valence-electron chi connectivity index (χ3n) is 2.34. The van der Waals surface area contributed by atoms with Crippen molar-refractivity contribution in [2.75, 3.05) is 11.9 Å². The molecule has 0 spiro atoms. The smallest absolute Gasteiger partial charge is 0.336 e. The lowest BCUT2D eigenvalue weighted by atomic mass is 10.1. The summed E-state index contributed by atoms with van der Waals surface area (Å²) < 4.78 is 0. The maximum atomic E-state index is 10.9. The van der Waals surface area contributed by atoms with Gasteiger partial charge in [0.1, 0.15) is 0 Å². The Morgan fingerprint density at radius 3 is 2.53 bits per heavy atom. The highest BCUT2D eigenvalue weighted by molar-refractivity contribution is 5.96. The van der Waals surface area contributed by atoms with Crippen molar-refractivity contribution in [2.24, 2.45) is 0 Å². The Hall–Kier alpha value is -1.84. The van der Waals surface area contributed by atoms with Crippen LogP contribution in [0.4, 0.5) is 5.69 Å². The van der Waals surface area contributed by atoms with E-state index in [0.717, 1.165) is 5.56 Å². The van der Waals surface area contributed by atoms with Crippen molar-refractivity contribution in [1.82, 2.24) is 0 Å². The standard InChI is InChI=1S/C11H14N2O2/c1-7-4-5-9(13(3)8(2)12)6-10(7)11(14)15/h4-6,12H,1-3H3,(H,14,15). The molecule has 0 amide bonds. The lowest BCUT2D eigenvalue weighted by Crippen LogP contribution is -2.22. The van der Waals surface area contributed by atoms with Crippen LogP contribution in [0.25, 0.3) is 0 Å². The molecule has 0 aliphatic rings. The van der Waals surface area contributed by atoms with E-state index in [4.69, 9.17) is 10.5 Å². The topological polar surface area (TPSA) is 64.4 Å². The highest BCUT2D eigenvalue weighted by Crippen LogP contribution is 2.18. The highest BCUT2D eigenvalue weighted by Gasteiger charge is 2.10. The van der Waals surface area contributed by atoms with E-state index in [1.807, 2.05) is 0 Å². The molecular formula is C11H14N2O2. The van der Waals surface area contributed by atoms with Gasteiger partial charge in [-0.2, -0.15) is 0 Å². The number of aromatic carboxylic acids is 1. The number of carbonyl (C=O) groups is 1. The lowest BCUT2D eigenvalue weighted by Gasteiger charge is -2.18. The number of benzene rings is 1. The average molecular weight is 206 g/mol. The van der Waals surface area contributed by atoms with Gasteiger partial charge in [0.25, 0.3) is 0 Å². The predicted octanol–water partition coefficient (Wildman–Crippen LogP) is 2.13. The average Bonchev–Trinajstić information content (AvgIpc) is 2.16. The van der Waals surface area contributed by atoms with E-state index < -0.39 is 5.97 Å². The van der Waals surface area contributed by atoms with Crippen molar-refractivity contribution in [3.63, 3.8) is 0 Å². The second-order valence-electron chi connectivity index (χ2n) is 3.45. The van der Waals surface area contributed by atoms with Crippen molar-refractivity contribution in [3.8, 4) is 0 Å². The van der Waals surface area contributed by atoms with Gasteiger partial charge in [-0.15, -0.1) is 0 Å². The molecule has 0 heterocycles. The molecule has 1 aromatic carbocycles. The molecule has 0 fully saturated rings. The van der Waals surface area contributed by atoms with Crippen LogP contribution in [-0.4, -0.2) is 24.0 Å². The van der Waals surface area contributed by atoms with E-state index >= 15 is 0 Å². The summed E-state index contributed by atoms with van der Waals surface area (Å²) in [4.78, 5) is 12.5. The quantitative estimate of drug-likeness (QED) is 0.575. The summed E-state index contributed by atoms with van der Waals surface area (Å²) in [5, 5.41) is 16.4. The van der Waals surface area contributed by atoms with Gasteiger partial charge in [0.15, 0.2) is 0 Å². The monoisotopic (exact) mass is 206 g/mol. The summed E-state index contributed by atoms with van der Waals surface area (Å²) in [6, 6.07) is 5.13. The van der Waals surface area contributed by atoms with Crippen LogP contribution in [0.2, 0.25) is 0 Å². The number of aryl methyl sites for hydroxylation is 1. The fourth-order valence-electron chi connectivity index (χ4n) is 1.24. The molecule has 80 valence electrons. The SMILES string of the molecule is CC(=N)N(C)c1ccc(C)c(C(=O)O)c1. The first-order valence-electron chi connectivity index (χ1n) is 4.56. The molecule has 0 aliphatic heterocycles. The van der Waals surface area contributed by atoms with Crippen molar-refractivity contribution in [1.29, 1.82) is 5.41 Å². The molecule has 0 bridgehead atoms. The summed E-state index contributed by atoms with van der Waals surface area (Å²) in [6.07, 6.45) is 0. The first-order valence-corrected chi connectivity index (χ1v) is 4.56. The van der Waals surface area contributed by atoms with Gasteiger partial charge in [-0.3, -0.25) is 5.41 Å². The number of nitrogens with zero attached hydrogens (tertiary/aromatic N) is 1. The maximum Gasteiger partial charge on any atom is 0.336 e. The highest BCUT2D eigenvalue weighted by atomic mass is 16.4. The Bertz CT molecular complexity index is 413. The molecule has 0 saturated heterocycles. The van der Waals surface area contributed by atoms with Gasteiger partial charge in [0, 0.05) is 12.7 Å². The fourth-order valence-corrected chi connectivity index (χ4v) is 1.24. The van der Waals surface area contributed by atoms with Gasteiger partial charge in [0.05, 0.1) is 11.4 Å². The minimum absolute atomic E-state index is 0.278. The number of rotatable bonds is 2. The van der Waals surface area contributed by atoms with Gasteiger partial charge in [-0.1, -0.05) is 6.07 Å². The van der Waals surface area contributed by atoms with E-state index in [9.17, 15) is 4.79 Å². The lowest BCUT2D eigenvalue weighted by molar-refractivity contribution is 0.0696. The second-order valence-corrected chi connectivity index (χ2v) is 3.45. The van der Waals surface area contributed by atoms with Crippen LogP contribution in [-0.2, 0) is 0 Å². The first-order chi connectivity index (χ1) is 6.93. The summed E-state index contributed by atoms with van der Waals surface area (Å²) in [5.41, 5.74) is 1.72. The largest absolute Gasteiger partial charge is 0.478 e. The van der Waals surface area contributed by atoms with Crippen LogP contribution < -0.4 is 4.90 Å². The van der Waals surface area contributed by atoms with E-state index in [1.54, 1.807) is 44.0 Å². The van der Waals surface area contributed by atoms with Gasteiger partial charge in [-0.05, 0) is 31.5 Å². The van der Waals surface area contributed by atoms with Crippen LogP contribution in [0.15, 0.2) is 18.2 Å². The molecule has 0 saturated carbocycles. The zero-order chi connectivity index (χ0) is 11.6. The molecule has 0 radical (unpaired) electrons. The normalized spacial score (nSPS) is 9.80. The number of carboxylic acids is 1. The summed E-state index contributed by atoms with van der Waals surface area (Å²) >= 11 is 0. The molecular weight excluding hydrogens is 192 g/mol. The fraction of sp³-hybridized carbons (Fsp3) is 0.273. The zero-order valence-electron chi connectivity index (χ0n) is 9.03. The Morgan fingerprint density at radius 1 is 1.47 bits per heavy atom. The molecule has 2 N–H and O–H groups in total. The number of hydrogen-bond donors (Lipinski definition) is 2. The molecule has 1 aromatic rings. The van der Waals surface area contributed by atoms with Crippen LogP contribution in [0.5, 0.6) is 0 Å². The first kappa shape index (κ1) is 11.2. The Balaban J connectivity index is 3.18. The van der Waals surface area contributed by atoms with E-state index in [-0.39, 0.29) is 5.56 Å². The molecule has 15 heavy (non-hydrogen) atoms. The number of nitrogens with one attached hydrogen (secondary N) is 1. The second kappa shape index (κ2) is 4.13.